The fourth-order valence-electron chi connectivity index (χ4n) is 1.26. The number of esters is 1. The van der Waals surface area contributed by atoms with Crippen LogP contribution in [0, 0.1) is 0 Å². The average molecular weight is 284 g/mol. The van der Waals surface area contributed by atoms with E-state index in [0.717, 1.165) is 11.8 Å². The lowest BCUT2D eigenvalue weighted by Crippen LogP contribution is -2.11. The molecule has 0 atom stereocenters. The summed E-state index contributed by atoms with van der Waals surface area (Å²) in [4.78, 5) is 30.9. The first-order valence-electron chi connectivity index (χ1n) is 5.84. The molecule has 104 valence electrons. The third-order valence-electron chi connectivity index (χ3n) is 2.14. The highest BCUT2D eigenvalue weighted by Crippen LogP contribution is 2.22. The van der Waals surface area contributed by atoms with Gasteiger partial charge in [-0.05, 0) is 6.92 Å². The van der Waals surface area contributed by atoms with E-state index in [9.17, 15) is 9.59 Å². The summed E-state index contributed by atoms with van der Waals surface area (Å²) in [6.45, 7) is 5.78. The molecule has 1 rings (SSSR count). The highest BCUT2D eigenvalue weighted by atomic mass is 32.2. The molecule has 0 aliphatic carbocycles. The molecule has 19 heavy (non-hydrogen) atoms. The fraction of sp³-hybridized carbons (Fsp3) is 0.500. The van der Waals surface area contributed by atoms with E-state index < -0.39 is 11.9 Å². The Balaban J connectivity index is 2.88. The van der Waals surface area contributed by atoms with Gasteiger partial charge < -0.3 is 9.84 Å². The van der Waals surface area contributed by atoms with E-state index >= 15 is 0 Å². The minimum Gasteiger partial charge on any atom is -0.476 e. The van der Waals surface area contributed by atoms with Gasteiger partial charge >= 0.3 is 11.9 Å². The Morgan fingerprint density at radius 1 is 1.47 bits per heavy atom. The van der Waals surface area contributed by atoms with E-state index in [1.807, 2.05) is 13.8 Å². The van der Waals surface area contributed by atoms with Gasteiger partial charge in [0.1, 0.15) is 5.82 Å². The molecule has 6 nitrogen and oxygen atoms in total. The first kappa shape index (κ1) is 15.4. The summed E-state index contributed by atoms with van der Waals surface area (Å²) in [6, 6.07) is 0. The molecule has 0 aromatic carbocycles. The van der Waals surface area contributed by atoms with Gasteiger partial charge in [-0.15, -0.1) is 11.8 Å². The van der Waals surface area contributed by atoms with E-state index in [1.165, 1.54) is 6.20 Å². The maximum absolute atomic E-state index is 11.2. The minimum atomic E-state index is -1.13. The standard InChI is InChI=1S/C12H16N2O4S/c1-4-18-9(15)6-19-8-5-13-11(7(2)3)14-10(8)12(16)17/h5,7H,4,6H2,1-3H3,(H,16,17). The highest BCUT2D eigenvalue weighted by Gasteiger charge is 2.17. The molecule has 0 bridgehead atoms. The molecule has 1 aromatic heterocycles. The number of carbonyl (C=O) groups is 2. The largest absolute Gasteiger partial charge is 0.476 e. The summed E-state index contributed by atoms with van der Waals surface area (Å²) in [7, 11) is 0. The zero-order valence-corrected chi connectivity index (χ0v) is 11.9. The molecule has 1 N–H and O–H groups in total. The van der Waals surface area contributed by atoms with Gasteiger partial charge in [-0.3, -0.25) is 4.79 Å². The predicted molar refractivity (Wildman–Crippen MR) is 70.4 cm³/mol. The van der Waals surface area contributed by atoms with Crippen LogP contribution >= 0.6 is 11.8 Å². The Morgan fingerprint density at radius 2 is 2.16 bits per heavy atom. The van der Waals surface area contributed by atoms with E-state index in [-0.39, 0.29) is 17.4 Å². The van der Waals surface area contributed by atoms with Gasteiger partial charge in [0.15, 0.2) is 5.69 Å². The average Bonchev–Trinajstić information content (AvgIpc) is 2.36. The van der Waals surface area contributed by atoms with Crippen molar-refractivity contribution >= 4 is 23.7 Å². The first-order chi connectivity index (χ1) is 8.95. The normalized spacial score (nSPS) is 10.5. The van der Waals surface area contributed by atoms with Crippen molar-refractivity contribution in [1.82, 2.24) is 9.97 Å². The van der Waals surface area contributed by atoms with Crippen molar-refractivity contribution in [3.05, 3.63) is 17.7 Å². The van der Waals surface area contributed by atoms with E-state index in [0.29, 0.717) is 17.3 Å². The molecule has 1 heterocycles. The second kappa shape index (κ2) is 7.08. The monoisotopic (exact) mass is 284 g/mol. The van der Waals surface area contributed by atoms with Crippen LogP contribution in [0.15, 0.2) is 11.1 Å². The van der Waals surface area contributed by atoms with Gasteiger partial charge in [0.05, 0.1) is 17.3 Å². The van der Waals surface area contributed by atoms with E-state index in [4.69, 9.17) is 9.84 Å². The van der Waals surface area contributed by atoms with Gasteiger partial charge in [-0.1, -0.05) is 13.8 Å². The van der Waals surface area contributed by atoms with Crippen molar-refractivity contribution < 1.29 is 19.4 Å². The minimum absolute atomic E-state index is 0.0402. The summed E-state index contributed by atoms with van der Waals surface area (Å²) >= 11 is 1.06. The Bertz CT molecular complexity index is 477. The highest BCUT2D eigenvalue weighted by molar-refractivity contribution is 8.00. The number of carboxylic acids is 1. The van der Waals surface area contributed by atoms with Gasteiger partial charge in [-0.2, -0.15) is 0 Å². The van der Waals surface area contributed by atoms with Crippen molar-refractivity contribution in [2.24, 2.45) is 0 Å². The van der Waals surface area contributed by atoms with E-state index in [1.54, 1.807) is 6.92 Å². The van der Waals surface area contributed by atoms with Crippen LogP contribution in [0.2, 0.25) is 0 Å². The maximum atomic E-state index is 11.2. The molecule has 0 amide bonds. The van der Waals surface area contributed by atoms with Crippen LogP contribution in [0.5, 0.6) is 0 Å². The van der Waals surface area contributed by atoms with Crippen molar-refractivity contribution in [2.45, 2.75) is 31.6 Å². The lowest BCUT2D eigenvalue weighted by atomic mass is 10.2. The number of thioether (sulfide) groups is 1. The number of hydrogen-bond acceptors (Lipinski definition) is 6. The zero-order chi connectivity index (χ0) is 14.4. The number of carboxylic acid groups (broad SMARTS) is 1. The van der Waals surface area contributed by atoms with Crippen molar-refractivity contribution in [2.75, 3.05) is 12.4 Å². The molecule has 0 saturated carbocycles. The van der Waals surface area contributed by atoms with Crippen LogP contribution in [0.3, 0.4) is 0 Å². The molecule has 7 heteroatoms. The quantitative estimate of drug-likeness (QED) is 0.630. The van der Waals surface area contributed by atoms with Crippen LogP contribution in [0.25, 0.3) is 0 Å². The van der Waals surface area contributed by atoms with Crippen LogP contribution in [-0.4, -0.2) is 39.4 Å². The van der Waals surface area contributed by atoms with Gasteiger partial charge in [-0.25, -0.2) is 14.8 Å². The summed E-state index contributed by atoms with van der Waals surface area (Å²) in [5.74, 6) is -0.967. The maximum Gasteiger partial charge on any atom is 0.355 e. The summed E-state index contributed by atoms with van der Waals surface area (Å²) < 4.78 is 4.78. The number of carbonyl (C=O) groups excluding carboxylic acids is 1. The van der Waals surface area contributed by atoms with E-state index in [2.05, 4.69) is 9.97 Å². The number of nitrogens with zero attached hydrogens (tertiary/aromatic N) is 2. The molecular weight excluding hydrogens is 268 g/mol. The number of aromatic nitrogens is 2. The Morgan fingerprint density at radius 3 is 2.68 bits per heavy atom. The second-order valence-corrected chi connectivity index (χ2v) is 5.01. The van der Waals surface area contributed by atoms with Crippen LogP contribution in [-0.2, 0) is 9.53 Å². The zero-order valence-electron chi connectivity index (χ0n) is 11.0. The Kier molecular flexibility index (Phi) is 5.75. The summed E-state index contributed by atoms with van der Waals surface area (Å²) in [5.41, 5.74) is -0.0759. The summed E-state index contributed by atoms with van der Waals surface area (Å²) in [6.07, 6.45) is 1.44. The molecule has 0 unspecified atom stereocenters. The molecular formula is C12H16N2O4S. The predicted octanol–water partition coefficient (Wildman–Crippen LogP) is 1.95. The van der Waals surface area contributed by atoms with Gasteiger partial charge in [0.2, 0.25) is 0 Å². The number of aromatic carboxylic acids is 1. The van der Waals surface area contributed by atoms with Crippen LogP contribution in [0.1, 0.15) is 43.0 Å². The molecule has 0 aliphatic heterocycles. The molecule has 0 radical (unpaired) electrons. The summed E-state index contributed by atoms with van der Waals surface area (Å²) in [5, 5.41) is 9.12. The topological polar surface area (TPSA) is 89.4 Å². The molecule has 1 aromatic rings. The lowest BCUT2D eigenvalue weighted by molar-refractivity contribution is -0.139. The number of hydrogen-bond donors (Lipinski definition) is 1. The van der Waals surface area contributed by atoms with Crippen molar-refractivity contribution in [1.29, 1.82) is 0 Å². The number of rotatable bonds is 6. The molecule has 0 spiro atoms. The SMILES string of the molecule is CCOC(=O)CSc1cnc(C(C)C)nc1C(=O)O. The molecule has 0 aliphatic rings. The third-order valence-corrected chi connectivity index (χ3v) is 3.13. The lowest BCUT2D eigenvalue weighted by Gasteiger charge is -2.08. The smallest absolute Gasteiger partial charge is 0.355 e. The molecule has 0 saturated heterocycles. The van der Waals surface area contributed by atoms with Gasteiger partial charge in [0, 0.05) is 12.1 Å². The van der Waals surface area contributed by atoms with Crippen LogP contribution < -0.4 is 0 Å². The Labute approximate surface area is 115 Å². The van der Waals surface area contributed by atoms with Crippen molar-refractivity contribution in [3.8, 4) is 0 Å². The first-order valence-corrected chi connectivity index (χ1v) is 6.82. The third kappa shape index (κ3) is 4.51. The molecule has 0 fully saturated rings. The number of ether oxygens (including phenoxy) is 1. The Hall–Kier alpha value is -1.63. The van der Waals surface area contributed by atoms with Gasteiger partial charge in [0.25, 0.3) is 0 Å². The van der Waals surface area contributed by atoms with Crippen molar-refractivity contribution in [3.63, 3.8) is 0 Å². The second-order valence-electron chi connectivity index (χ2n) is 3.99. The fourth-order valence-corrected chi connectivity index (χ4v) is 2.01. The van der Waals surface area contributed by atoms with Crippen LogP contribution in [0.4, 0.5) is 0 Å².